The highest BCUT2D eigenvalue weighted by molar-refractivity contribution is 9.10. The molecule has 0 spiro atoms. The fraction of sp³-hybridized carbons (Fsp3) is 0.100. The van der Waals surface area contributed by atoms with Crippen molar-refractivity contribution in [2.45, 2.75) is 6.61 Å². The lowest BCUT2D eigenvalue weighted by Crippen LogP contribution is -1.93. The normalized spacial score (nSPS) is 10.3. The number of nitrogens with zero attached hydrogens (tertiary/aromatic N) is 1. The predicted octanol–water partition coefficient (Wildman–Crippen LogP) is 3.62. The van der Waals surface area contributed by atoms with Gasteiger partial charge in [0.15, 0.2) is 0 Å². The topological polar surface area (TPSA) is 22.1 Å². The smallest absolute Gasteiger partial charge is 0.128 e. The van der Waals surface area contributed by atoms with Crippen LogP contribution < -0.4 is 4.74 Å². The van der Waals surface area contributed by atoms with E-state index >= 15 is 0 Å². The van der Waals surface area contributed by atoms with Crippen LogP contribution in [0.3, 0.4) is 0 Å². The lowest BCUT2D eigenvalue weighted by molar-refractivity contribution is 0.307. The van der Waals surface area contributed by atoms with Gasteiger partial charge in [-0.15, -0.1) is 11.3 Å². The molecule has 1 aromatic heterocycles. The Kier molecular flexibility index (Phi) is 3.33. The van der Waals surface area contributed by atoms with Crippen LogP contribution >= 0.6 is 27.3 Å². The molecule has 0 N–H and O–H groups in total. The third kappa shape index (κ3) is 3.00. The number of thiazole rings is 1. The van der Waals surface area contributed by atoms with Gasteiger partial charge in [-0.25, -0.2) is 4.39 Å². The largest absolute Gasteiger partial charge is 0.488 e. The van der Waals surface area contributed by atoms with Crippen molar-refractivity contribution in [3.05, 3.63) is 45.1 Å². The molecule has 5 heteroatoms. The molecule has 78 valence electrons. The highest BCUT2D eigenvalue weighted by Gasteiger charge is 2.01. The van der Waals surface area contributed by atoms with Crippen molar-refractivity contribution in [1.29, 1.82) is 0 Å². The summed E-state index contributed by atoms with van der Waals surface area (Å²) >= 11 is 4.71. The first-order valence-electron chi connectivity index (χ1n) is 4.20. The molecule has 0 aliphatic carbocycles. The second-order valence-electron chi connectivity index (χ2n) is 2.86. The molecule has 1 aromatic carbocycles. The van der Waals surface area contributed by atoms with E-state index in [1.165, 1.54) is 23.5 Å². The fourth-order valence-corrected chi connectivity index (χ4v) is 2.03. The molecule has 1 heterocycles. The molecule has 0 saturated heterocycles. The zero-order valence-corrected chi connectivity index (χ0v) is 10.0. The van der Waals surface area contributed by atoms with E-state index in [4.69, 9.17) is 4.74 Å². The lowest BCUT2D eigenvalue weighted by Gasteiger charge is -2.04. The van der Waals surface area contributed by atoms with E-state index in [9.17, 15) is 4.39 Å². The Balaban J connectivity index is 2.05. The standard InChI is InChI=1S/C10H7BrFNOS/c11-7-1-8(12)3-9(2-7)14-5-10-4-13-6-15-10/h1-4,6H,5H2. The van der Waals surface area contributed by atoms with Gasteiger partial charge in [0.2, 0.25) is 0 Å². The van der Waals surface area contributed by atoms with E-state index in [-0.39, 0.29) is 5.82 Å². The SMILES string of the molecule is Fc1cc(Br)cc(OCc2cncs2)c1. The van der Waals surface area contributed by atoms with Gasteiger partial charge in [-0.2, -0.15) is 0 Å². The average Bonchev–Trinajstić information content (AvgIpc) is 2.65. The van der Waals surface area contributed by atoms with E-state index in [1.807, 2.05) is 0 Å². The number of ether oxygens (including phenoxy) is 1. The molecule has 0 radical (unpaired) electrons. The first-order chi connectivity index (χ1) is 7.24. The molecule has 15 heavy (non-hydrogen) atoms. The summed E-state index contributed by atoms with van der Waals surface area (Å²) in [5.41, 5.74) is 1.74. The van der Waals surface area contributed by atoms with Crippen LogP contribution in [-0.4, -0.2) is 4.98 Å². The monoisotopic (exact) mass is 287 g/mol. The highest BCUT2D eigenvalue weighted by atomic mass is 79.9. The van der Waals surface area contributed by atoms with Crippen LogP contribution in [-0.2, 0) is 6.61 Å². The van der Waals surface area contributed by atoms with Gasteiger partial charge in [-0.1, -0.05) is 15.9 Å². The summed E-state index contributed by atoms with van der Waals surface area (Å²) in [5, 5.41) is 0. The van der Waals surface area contributed by atoms with Gasteiger partial charge in [0.1, 0.15) is 18.2 Å². The molecule has 2 nitrogen and oxygen atoms in total. The Hall–Kier alpha value is -0.940. The molecule has 0 saturated carbocycles. The van der Waals surface area contributed by atoms with Crippen molar-refractivity contribution >= 4 is 27.3 Å². The zero-order valence-electron chi connectivity index (χ0n) is 7.61. The lowest BCUT2D eigenvalue weighted by atomic mass is 10.3. The van der Waals surface area contributed by atoms with Crippen molar-refractivity contribution in [2.75, 3.05) is 0 Å². The number of hydrogen-bond acceptors (Lipinski definition) is 3. The average molecular weight is 288 g/mol. The molecule has 2 aromatic rings. The molecule has 0 unspecified atom stereocenters. The van der Waals surface area contributed by atoms with Crippen LogP contribution in [0.2, 0.25) is 0 Å². The maximum absolute atomic E-state index is 13.0. The maximum atomic E-state index is 13.0. The molecular formula is C10H7BrFNOS. The second kappa shape index (κ2) is 4.72. The minimum atomic E-state index is -0.316. The maximum Gasteiger partial charge on any atom is 0.128 e. The third-order valence-corrected chi connectivity index (χ3v) is 2.91. The van der Waals surface area contributed by atoms with Crippen molar-refractivity contribution < 1.29 is 9.13 Å². The van der Waals surface area contributed by atoms with Gasteiger partial charge in [0.25, 0.3) is 0 Å². The molecule has 0 atom stereocenters. The summed E-state index contributed by atoms with van der Waals surface area (Å²) < 4.78 is 19.1. The molecule has 0 amide bonds. The summed E-state index contributed by atoms with van der Waals surface area (Å²) in [7, 11) is 0. The van der Waals surface area contributed by atoms with Gasteiger partial charge in [-0.05, 0) is 12.1 Å². The minimum absolute atomic E-state index is 0.316. The molecule has 0 fully saturated rings. The van der Waals surface area contributed by atoms with Crippen LogP contribution in [0.1, 0.15) is 4.88 Å². The molecule has 0 aliphatic heterocycles. The number of halogens is 2. The summed E-state index contributed by atoms with van der Waals surface area (Å²) in [4.78, 5) is 4.93. The van der Waals surface area contributed by atoms with Crippen molar-refractivity contribution in [2.24, 2.45) is 0 Å². The van der Waals surface area contributed by atoms with E-state index in [0.717, 1.165) is 4.88 Å². The Labute approximate surface area is 98.9 Å². The van der Waals surface area contributed by atoms with Crippen LogP contribution in [0, 0.1) is 5.82 Å². The van der Waals surface area contributed by atoms with Crippen molar-refractivity contribution in [3.63, 3.8) is 0 Å². The summed E-state index contributed by atoms with van der Waals surface area (Å²) in [6.07, 6.45) is 1.74. The van der Waals surface area contributed by atoms with Gasteiger partial charge < -0.3 is 4.74 Å². The molecular weight excluding hydrogens is 281 g/mol. The van der Waals surface area contributed by atoms with Crippen LogP contribution in [0.25, 0.3) is 0 Å². The first-order valence-corrected chi connectivity index (χ1v) is 5.87. The minimum Gasteiger partial charge on any atom is -0.488 e. The quantitative estimate of drug-likeness (QED) is 0.860. The molecule has 0 bridgehead atoms. The number of rotatable bonds is 3. The Morgan fingerprint density at radius 1 is 1.40 bits per heavy atom. The number of aromatic nitrogens is 1. The fourth-order valence-electron chi connectivity index (χ4n) is 1.08. The van der Waals surface area contributed by atoms with Crippen LogP contribution in [0.4, 0.5) is 4.39 Å². The predicted molar refractivity (Wildman–Crippen MR) is 60.5 cm³/mol. The van der Waals surface area contributed by atoms with Crippen LogP contribution in [0.5, 0.6) is 5.75 Å². The van der Waals surface area contributed by atoms with Gasteiger partial charge in [-0.3, -0.25) is 4.98 Å². The van der Waals surface area contributed by atoms with Crippen molar-refractivity contribution in [3.8, 4) is 5.75 Å². The van der Waals surface area contributed by atoms with E-state index in [2.05, 4.69) is 20.9 Å². The molecule has 2 rings (SSSR count). The third-order valence-electron chi connectivity index (χ3n) is 1.70. The van der Waals surface area contributed by atoms with E-state index < -0.39 is 0 Å². The summed E-state index contributed by atoms with van der Waals surface area (Å²) in [5.74, 6) is 0.193. The van der Waals surface area contributed by atoms with Crippen LogP contribution in [0.15, 0.2) is 34.4 Å². The summed E-state index contributed by atoms with van der Waals surface area (Å²) in [6, 6.07) is 4.47. The second-order valence-corrected chi connectivity index (χ2v) is 4.75. The van der Waals surface area contributed by atoms with E-state index in [1.54, 1.807) is 17.8 Å². The number of hydrogen-bond donors (Lipinski definition) is 0. The van der Waals surface area contributed by atoms with Gasteiger partial charge in [0, 0.05) is 16.7 Å². The Morgan fingerprint density at radius 3 is 2.93 bits per heavy atom. The zero-order chi connectivity index (χ0) is 10.7. The Bertz CT molecular complexity index is 426. The van der Waals surface area contributed by atoms with Crippen molar-refractivity contribution in [1.82, 2.24) is 4.98 Å². The molecule has 0 aliphatic rings. The van der Waals surface area contributed by atoms with E-state index in [0.29, 0.717) is 16.8 Å². The van der Waals surface area contributed by atoms with Gasteiger partial charge in [0.05, 0.1) is 10.4 Å². The first kappa shape index (κ1) is 10.6. The van der Waals surface area contributed by atoms with Gasteiger partial charge >= 0.3 is 0 Å². The summed E-state index contributed by atoms with van der Waals surface area (Å²) in [6.45, 7) is 0.417. The number of benzene rings is 1. The Morgan fingerprint density at radius 2 is 2.27 bits per heavy atom. The highest BCUT2D eigenvalue weighted by Crippen LogP contribution is 2.21.